The molecule has 0 saturated heterocycles. The Morgan fingerprint density at radius 1 is 0.625 bits per heavy atom. The van der Waals surface area contributed by atoms with E-state index in [1.165, 1.54) is 30.9 Å². The quantitative estimate of drug-likeness (QED) is 0.210. The maximum Gasteiger partial charge on any atom is 0.159 e. The number of rotatable bonds is 4. The Hall–Kier alpha value is -6.11. The van der Waals surface area contributed by atoms with Crippen LogP contribution < -0.4 is 5.32 Å². The number of aliphatic imine (C=N–C) groups is 2. The minimum absolute atomic E-state index is 0.349. The second kappa shape index (κ2) is 10.7. The SMILES string of the molecule is c1ccc(C2=NC(c3ccc4ccccc4c3)NC(c3cc(-c4cccc5c4sc4ccccc45)cc4oc5ccncc5c34)=N2)cc1. The third-order valence-corrected chi connectivity index (χ3v) is 10.4. The fraction of sp³-hybridized carbons (Fsp3) is 0.0238. The van der Waals surface area contributed by atoms with Crippen molar-refractivity contribution < 1.29 is 4.42 Å². The molecule has 48 heavy (non-hydrogen) atoms. The van der Waals surface area contributed by atoms with Crippen LogP contribution in [-0.2, 0) is 0 Å². The van der Waals surface area contributed by atoms with Gasteiger partial charge in [-0.3, -0.25) is 4.98 Å². The van der Waals surface area contributed by atoms with Crippen molar-refractivity contribution in [2.75, 3.05) is 0 Å². The average molecular weight is 635 g/mol. The Bertz CT molecular complexity index is 2780. The molecule has 0 bridgehead atoms. The van der Waals surface area contributed by atoms with Gasteiger partial charge in [-0.05, 0) is 57.8 Å². The summed E-state index contributed by atoms with van der Waals surface area (Å²) in [5.74, 6) is 1.42. The monoisotopic (exact) mass is 634 g/mol. The van der Waals surface area contributed by atoms with Gasteiger partial charge in [-0.2, -0.15) is 0 Å². The summed E-state index contributed by atoms with van der Waals surface area (Å²) in [6, 6.07) is 46.7. The second-order valence-corrected chi connectivity index (χ2v) is 13.1. The van der Waals surface area contributed by atoms with E-state index < -0.39 is 0 Å². The molecule has 6 heteroatoms. The molecule has 0 aliphatic carbocycles. The van der Waals surface area contributed by atoms with Crippen LogP contribution in [0.2, 0.25) is 0 Å². The van der Waals surface area contributed by atoms with Crippen molar-refractivity contribution in [3.05, 3.63) is 163 Å². The lowest BCUT2D eigenvalue weighted by Crippen LogP contribution is -2.33. The van der Waals surface area contributed by atoms with Gasteiger partial charge in [0.2, 0.25) is 0 Å². The number of nitrogens with zero attached hydrogens (tertiary/aromatic N) is 3. The van der Waals surface area contributed by atoms with Gasteiger partial charge in [-0.15, -0.1) is 11.3 Å². The molecule has 1 aliphatic rings. The van der Waals surface area contributed by atoms with E-state index in [1.54, 1.807) is 6.20 Å². The summed E-state index contributed by atoms with van der Waals surface area (Å²) in [5, 5.41) is 10.6. The second-order valence-electron chi connectivity index (χ2n) is 12.1. The van der Waals surface area contributed by atoms with Crippen molar-refractivity contribution in [1.29, 1.82) is 0 Å². The number of thiophene rings is 1. The number of pyridine rings is 1. The molecule has 1 atom stereocenters. The fourth-order valence-electron chi connectivity index (χ4n) is 6.92. The number of benzene rings is 6. The van der Waals surface area contributed by atoms with Gasteiger partial charge < -0.3 is 9.73 Å². The van der Waals surface area contributed by atoms with Gasteiger partial charge >= 0.3 is 0 Å². The van der Waals surface area contributed by atoms with Crippen molar-refractivity contribution in [2.45, 2.75) is 6.17 Å². The zero-order valence-electron chi connectivity index (χ0n) is 25.6. The summed E-state index contributed by atoms with van der Waals surface area (Å²) in [7, 11) is 0. The predicted molar refractivity (Wildman–Crippen MR) is 199 cm³/mol. The van der Waals surface area contributed by atoms with Gasteiger partial charge in [0.25, 0.3) is 0 Å². The number of amidine groups is 2. The number of fused-ring (bicyclic) bond motifs is 7. The standard InChI is InChI=1S/C42H26N4OS/c1-2-10-26(11-3-1)40-44-41(28-18-17-25-9-4-5-12-27(25)21-28)46-42(45-40)33-22-29(23-36-38(33)34-24-43-20-19-35(34)47-36)30-14-8-15-32-31-13-6-7-16-37(31)48-39(30)32/h1-24,41H,(H,44,45,46). The van der Waals surface area contributed by atoms with Crippen LogP contribution in [0, 0.1) is 0 Å². The van der Waals surface area contributed by atoms with Crippen LogP contribution >= 0.6 is 11.3 Å². The maximum atomic E-state index is 6.54. The summed E-state index contributed by atoms with van der Waals surface area (Å²) in [5.41, 5.74) is 6.78. The average Bonchev–Trinajstić information content (AvgIpc) is 3.73. The molecule has 0 fully saturated rings. The molecule has 10 rings (SSSR count). The summed E-state index contributed by atoms with van der Waals surface area (Å²) < 4.78 is 9.06. The van der Waals surface area contributed by atoms with Crippen LogP contribution in [-0.4, -0.2) is 16.7 Å². The third kappa shape index (κ3) is 4.34. The number of nitrogens with one attached hydrogen (secondary N) is 1. The summed E-state index contributed by atoms with van der Waals surface area (Å²) in [6.07, 6.45) is 3.31. The molecule has 3 aromatic heterocycles. The molecule has 4 heterocycles. The van der Waals surface area contributed by atoms with Crippen LogP contribution in [0.25, 0.3) is 64.0 Å². The molecular formula is C42H26N4OS. The first kappa shape index (κ1) is 27.0. The largest absolute Gasteiger partial charge is 0.456 e. The van der Waals surface area contributed by atoms with Crippen LogP contribution in [0.5, 0.6) is 0 Å². The number of hydrogen-bond donors (Lipinski definition) is 1. The Labute approximate surface area is 279 Å². The smallest absolute Gasteiger partial charge is 0.159 e. The van der Waals surface area contributed by atoms with Crippen molar-refractivity contribution in [3.8, 4) is 11.1 Å². The summed E-state index contributed by atoms with van der Waals surface area (Å²) >= 11 is 1.83. The van der Waals surface area contributed by atoms with Crippen molar-refractivity contribution in [2.24, 2.45) is 9.98 Å². The molecule has 0 radical (unpaired) electrons. The highest BCUT2D eigenvalue weighted by atomic mass is 32.1. The fourth-order valence-corrected chi connectivity index (χ4v) is 8.16. The Kier molecular flexibility index (Phi) is 6.04. The molecule has 0 saturated carbocycles. The highest BCUT2D eigenvalue weighted by Crippen LogP contribution is 2.42. The Morgan fingerprint density at radius 3 is 2.40 bits per heavy atom. The molecule has 226 valence electrons. The van der Waals surface area contributed by atoms with Crippen molar-refractivity contribution in [3.63, 3.8) is 0 Å². The zero-order chi connectivity index (χ0) is 31.6. The highest BCUT2D eigenvalue weighted by molar-refractivity contribution is 7.26. The van der Waals surface area contributed by atoms with E-state index in [-0.39, 0.29) is 6.17 Å². The third-order valence-electron chi connectivity index (χ3n) is 9.21. The van der Waals surface area contributed by atoms with Crippen molar-refractivity contribution in [1.82, 2.24) is 10.3 Å². The molecule has 6 aromatic carbocycles. The minimum atomic E-state index is -0.349. The normalized spacial score (nSPS) is 14.9. The summed E-state index contributed by atoms with van der Waals surface area (Å²) in [4.78, 5) is 14.9. The predicted octanol–water partition coefficient (Wildman–Crippen LogP) is 10.7. The van der Waals surface area contributed by atoms with Gasteiger partial charge in [-0.25, -0.2) is 9.98 Å². The topological polar surface area (TPSA) is 62.8 Å². The first-order valence-corrected chi connectivity index (χ1v) is 16.8. The minimum Gasteiger partial charge on any atom is -0.456 e. The van der Waals surface area contributed by atoms with Crippen LogP contribution in [0.15, 0.2) is 160 Å². The molecule has 1 aliphatic heterocycles. The van der Waals surface area contributed by atoms with E-state index >= 15 is 0 Å². The molecule has 0 spiro atoms. The van der Waals surface area contributed by atoms with Crippen LogP contribution in [0.4, 0.5) is 0 Å². The molecule has 5 nitrogen and oxygen atoms in total. The van der Waals surface area contributed by atoms with Gasteiger partial charge in [0.15, 0.2) is 5.84 Å². The Balaban J connectivity index is 1.22. The maximum absolute atomic E-state index is 6.54. The summed E-state index contributed by atoms with van der Waals surface area (Å²) in [6.45, 7) is 0. The van der Waals surface area contributed by atoms with E-state index in [4.69, 9.17) is 14.4 Å². The zero-order valence-corrected chi connectivity index (χ0v) is 26.4. The van der Waals surface area contributed by atoms with Gasteiger partial charge in [-0.1, -0.05) is 103 Å². The Morgan fingerprint density at radius 2 is 1.46 bits per heavy atom. The first-order valence-electron chi connectivity index (χ1n) is 16.0. The van der Waals surface area contributed by atoms with Gasteiger partial charge in [0.1, 0.15) is 23.2 Å². The molecule has 9 aromatic rings. The lowest BCUT2D eigenvalue weighted by molar-refractivity contribution is 0.667. The molecular weight excluding hydrogens is 609 g/mol. The van der Waals surface area contributed by atoms with E-state index in [9.17, 15) is 0 Å². The lowest BCUT2D eigenvalue weighted by atomic mass is 9.96. The van der Waals surface area contributed by atoms with E-state index in [2.05, 4.69) is 119 Å². The number of hydrogen-bond acceptors (Lipinski definition) is 6. The first-order chi connectivity index (χ1) is 23.8. The van der Waals surface area contributed by atoms with Gasteiger partial charge in [0.05, 0.1) is 0 Å². The van der Waals surface area contributed by atoms with E-state index in [0.717, 1.165) is 55.6 Å². The van der Waals surface area contributed by atoms with Crippen LogP contribution in [0.3, 0.4) is 0 Å². The van der Waals surface area contributed by atoms with E-state index in [1.807, 2.05) is 41.8 Å². The molecule has 1 N–H and O–H groups in total. The molecule has 0 amide bonds. The number of aromatic nitrogens is 1. The highest BCUT2D eigenvalue weighted by Gasteiger charge is 2.25. The van der Waals surface area contributed by atoms with Crippen LogP contribution in [0.1, 0.15) is 22.9 Å². The van der Waals surface area contributed by atoms with E-state index in [0.29, 0.717) is 5.84 Å². The van der Waals surface area contributed by atoms with Crippen molar-refractivity contribution >= 4 is 75.9 Å². The molecule has 1 unspecified atom stereocenters. The lowest BCUT2D eigenvalue weighted by Gasteiger charge is -2.24. The van der Waals surface area contributed by atoms with Gasteiger partial charge in [0, 0.05) is 54.5 Å². The number of furan rings is 1.